The lowest BCUT2D eigenvalue weighted by atomic mass is 10.1. The molecule has 0 atom stereocenters. The standard InChI is InChI=1S/C19H18N2O5/c1-12-4-6-16(13(2)8-12)19-20-14(11-26-19)10-25-18-9-15(21(22)23)5-7-17(18)24-3/h4-9,11H,10H2,1-3H3. The van der Waals surface area contributed by atoms with Crippen LogP contribution in [0.5, 0.6) is 11.5 Å². The minimum atomic E-state index is -0.485. The molecule has 0 N–H and O–H groups in total. The number of nitro groups is 1. The number of non-ortho nitro benzene ring substituents is 1. The Kier molecular flexibility index (Phi) is 4.88. The summed E-state index contributed by atoms with van der Waals surface area (Å²) in [4.78, 5) is 14.9. The summed E-state index contributed by atoms with van der Waals surface area (Å²) in [6.45, 7) is 4.13. The normalized spacial score (nSPS) is 10.6. The lowest BCUT2D eigenvalue weighted by Gasteiger charge is -2.09. The first-order valence-corrected chi connectivity index (χ1v) is 7.95. The van der Waals surface area contributed by atoms with Crippen LogP contribution in [0, 0.1) is 24.0 Å². The van der Waals surface area contributed by atoms with Gasteiger partial charge in [0.25, 0.3) is 5.69 Å². The van der Waals surface area contributed by atoms with Crippen LogP contribution in [0.3, 0.4) is 0 Å². The van der Waals surface area contributed by atoms with Crippen molar-refractivity contribution in [3.8, 4) is 23.0 Å². The van der Waals surface area contributed by atoms with Crippen LogP contribution in [0.15, 0.2) is 47.1 Å². The molecule has 0 fully saturated rings. The number of hydrogen-bond acceptors (Lipinski definition) is 6. The van der Waals surface area contributed by atoms with E-state index in [9.17, 15) is 10.1 Å². The molecule has 3 rings (SSSR count). The topological polar surface area (TPSA) is 87.6 Å². The number of benzene rings is 2. The van der Waals surface area contributed by atoms with E-state index < -0.39 is 4.92 Å². The van der Waals surface area contributed by atoms with Crippen LogP contribution in [0.4, 0.5) is 5.69 Å². The molecule has 1 aromatic heterocycles. The maximum atomic E-state index is 10.9. The van der Waals surface area contributed by atoms with Crippen LogP contribution in [0.2, 0.25) is 0 Å². The van der Waals surface area contributed by atoms with Crippen molar-refractivity contribution in [2.24, 2.45) is 0 Å². The summed E-state index contributed by atoms with van der Waals surface area (Å²) in [6, 6.07) is 10.2. The fraction of sp³-hybridized carbons (Fsp3) is 0.211. The van der Waals surface area contributed by atoms with Crippen molar-refractivity contribution >= 4 is 5.69 Å². The second kappa shape index (κ2) is 7.26. The van der Waals surface area contributed by atoms with Gasteiger partial charge >= 0.3 is 0 Å². The average molecular weight is 354 g/mol. The SMILES string of the molecule is COc1ccc([N+](=O)[O-])cc1OCc1coc(-c2ccc(C)cc2C)n1. The van der Waals surface area contributed by atoms with Gasteiger partial charge in [0.1, 0.15) is 18.6 Å². The Labute approximate surface area is 150 Å². The summed E-state index contributed by atoms with van der Waals surface area (Å²) in [5.41, 5.74) is 3.65. The van der Waals surface area contributed by atoms with E-state index in [1.807, 2.05) is 26.0 Å². The molecule has 0 saturated heterocycles. The first-order chi connectivity index (χ1) is 12.5. The first kappa shape index (κ1) is 17.5. The second-order valence-corrected chi connectivity index (χ2v) is 5.84. The number of aryl methyl sites for hydroxylation is 2. The van der Waals surface area contributed by atoms with Crippen molar-refractivity contribution in [2.45, 2.75) is 20.5 Å². The molecule has 0 bridgehead atoms. The molecule has 0 radical (unpaired) electrons. The monoisotopic (exact) mass is 354 g/mol. The number of ether oxygens (including phenoxy) is 2. The third kappa shape index (κ3) is 3.66. The van der Waals surface area contributed by atoms with Crippen LogP contribution in [-0.2, 0) is 6.61 Å². The van der Waals surface area contributed by atoms with Crippen molar-refractivity contribution in [1.29, 1.82) is 0 Å². The quantitative estimate of drug-likeness (QED) is 0.480. The van der Waals surface area contributed by atoms with E-state index in [4.69, 9.17) is 13.9 Å². The van der Waals surface area contributed by atoms with Gasteiger partial charge in [-0.2, -0.15) is 0 Å². The van der Waals surface area contributed by atoms with E-state index in [1.54, 1.807) is 0 Å². The Hall–Kier alpha value is -3.35. The molecule has 1 heterocycles. The van der Waals surface area contributed by atoms with E-state index in [2.05, 4.69) is 11.1 Å². The number of aromatic nitrogens is 1. The largest absolute Gasteiger partial charge is 0.493 e. The zero-order valence-corrected chi connectivity index (χ0v) is 14.7. The molecule has 0 unspecified atom stereocenters. The van der Waals surface area contributed by atoms with Crippen LogP contribution in [0.1, 0.15) is 16.8 Å². The van der Waals surface area contributed by atoms with Crippen LogP contribution < -0.4 is 9.47 Å². The van der Waals surface area contributed by atoms with Crippen molar-refractivity contribution in [3.05, 3.63) is 69.6 Å². The van der Waals surface area contributed by atoms with Gasteiger partial charge in [0.15, 0.2) is 11.5 Å². The van der Waals surface area contributed by atoms with Gasteiger partial charge in [-0.15, -0.1) is 0 Å². The Bertz CT molecular complexity index is 949. The summed E-state index contributed by atoms with van der Waals surface area (Å²) >= 11 is 0. The number of methoxy groups -OCH3 is 1. The predicted octanol–water partition coefficient (Wildman–Crippen LogP) is 4.45. The maximum Gasteiger partial charge on any atom is 0.273 e. The van der Waals surface area contributed by atoms with Gasteiger partial charge in [0.2, 0.25) is 5.89 Å². The van der Waals surface area contributed by atoms with Gasteiger partial charge in [-0.1, -0.05) is 17.7 Å². The molecule has 7 heteroatoms. The van der Waals surface area contributed by atoms with Crippen LogP contribution in [-0.4, -0.2) is 17.0 Å². The Morgan fingerprint density at radius 2 is 1.96 bits per heavy atom. The molecule has 134 valence electrons. The lowest BCUT2D eigenvalue weighted by molar-refractivity contribution is -0.385. The second-order valence-electron chi connectivity index (χ2n) is 5.84. The highest BCUT2D eigenvalue weighted by Gasteiger charge is 2.14. The molecule has 0 aliphatic rings. The minimum absolute atomic E-state index is 0.0723. The van der Waals surface area contributed by atoms with E-state index in [-0.39, 0.29) is 18.0 Å². The van der Waals surface area contributed by atoms with Gasteiger partial charge in [-0.25, -0.2) is 4.98 Å². The third-order valence-electron chi connectivity index (χ3n) is 3.90. The highest BCUT2D eigenvalue weighted by Crippen LogP contribution is 2.32. The van der Waals surface area contributed by atoms with E-state index in [0.29, 0.717) is 17.3 Å². The van der Waals surface area contributed by atoms with Gasteiger partial charge in [0, 0.05) is 11.6 Å². The molecule has 0 saturated carbocycles. The van der Waals surface area contributed by atoms with Crippen molar-refractivity contribution in [2.75, 3.05) is 7.11 Å². The predicted molar refractivity (Wildman–Crippen MR) is 95.4 cm³/mol. The molecule has 0 spiro atoms. The number of nitro benzene ring substituents is 1. The Morgan fingerprint density at radius 1 is 1.15 bits per heavy atom. The van der Waals surface area contributed by atoms with E-state index >= 15 is 0 Å². The third-order valence-corrected chi connectivity index (χ3v) is 3.90. The molecule has 0 aliphatic carbocycles. The summed E-state index contributed by atoms with van der Waals surface area (Å²) in [6.07, 6.45) is 1.51. The van der Waals surface area contributed by atoms with Crippen molar-refractivity contribution in [1.82, 2.24) is 4.98 Å². The Balaban J connectivity index is 1.78. The van der Waals surface area contributed by atoms with E-state index in [1.165, 1.54) is 37.1 Å². The zero-order chi connectivity index (χ0) is 18.7. The van der Waals surface area contributed by atoms with Gasteiger partial charge in [-0.3, -0.25) is 10.1 Å². The average Bonchev–Trinajstić information content (AvgIpc) is 3.08. The molecule has 0 amide bonds. The molecule has 26 heavy (non-hydrogen) atoms. The number of rotatable bonds is 6. The highest BCUT2D eigenvalue weighted by atomic mass is 16.6. The molecule has 7 nitrogen and oxygen atoms in total. The summed E-state index contributed by atoms with van der Waals surface area (Å²) in [5, 5.41) is 10.9. The lowest BCUT2D eigenvalue weighted by Crippen LogP contribution is -1.99. The van der Waals surface area contributed by atoms with Gasteiger partial charge < -0.3 is 13.9 Å². The maximum absolute atomic E-state index is 10.9. The smallest absolute Gasteiger partial charge is 0.273 e. The van der Waals surface area contributed by atoms with E-state index in [0.717, 1.165) is 11.1 Å². The molecular formula is C19H18N2O5. The Morgan fingerprint density at radius 3 is 2.65 bits per heavy atom. The fourth-order valence-electron chi connectivity index (χ4n) is 2.59. The number of oxazole rings is 1. The minimum Gasteiger partial charge on any atom is -0.493 e. The van der Waals surface area contributed by atoms with Gasteiger partial charge in [-0.05, 0) is 31.5 Å². The summed E-state index contributed by atoms with van der Waals surface area (Å²) in [5.74, 6) is 1.19. The highest BCUT2D eigenvalue weighted by molar-refractivity contribution is 5.59. The first-order valence-electron chi connectivity index (χ1n) is 7.95. The number of nitrogens with zero attached hydrogens (tertiary/aromatic N) is 2. The molecular weight excluding hydrogens is 336 g/mol. The van der Waals surface area contributed by atoms with Crippen molar-refractivity contribution < 1.29 is 18.8 Å². The van der Waals surface area contributed by atoms with Crippen LogP contribution >= 0.6 is 0 Å². The molecule has 3 aromatic rings. The number of hydrogen-bond donors (Lipinski definition) is 0. The molecule has 2 aromatic carbocycles. The summed E-state index contributed by atoms with van der Waals surface area (Å²) in [7, 11) is 1.47. The van der Waals surface area contributed by atoms with Crippen LogP contribution in [0.25, 0.3) is 11.5 Å². The van der Waals surface area contributed by atoms with Gasteiger partial charge in [0.05, 0.1) is 18.1 Å². The zero-order valence-electron chi connectivity index (χ0n) is 14.7. The fourth-order valence-corrected chi connectivity index (χ4v) is 2.59. The molecule has 0 aliphatic heterocycles. The van der Waals surface area contributed by atoms with Crippen molar-refractivity contribution in [3.63, 3.8) is 0 Å². The summed E-state index contributed by atoms with van der Waals surface area (Å²) < 4.78 is 16.4.